The maximum atomic E-state index is 11.7. The smallest absolute Gasteiger partial charge is 0.305 e. The number of aromatic nitrogens is 1. The molecule has 1 aromatic heterocycles. The quantitative estimate of drug-likeness (QED) is 0.890. The minimum Gasteiger partial charge on any atom is -0.481 e. The molecule has 1 unspecified atom stereocenters. The molecule has 6 nitrogen and oxygen atoms in total. The fourth-order valence-electron chi connectivity index (χ4n) is 2.09. The van der Waals surface area contributed by atoms with Crippen LogP contribution in [0.5, 0.6) is 0 Å². The molecule has 1 atom stereocenters. The lowest BCUT2D eigenvalue weighted by Gasteiger charge is -2.34. The van der Waals surface area contributed by atoms with Crippen molar-refractivity contribution in [3.05, 3.63) is 10.6 Å². The van der Waals surface area contributed by atoms with Gasteiger partial charge in [0.05, 0.1) is 29.7 Å². The van der Waals surface area contributed by atoms with E-state index in [-0.39, 0.29) is 17.9 Å². The molecule has 0 aromatic carbocycles. The van der Waals surface area contributed by atoms with E-state index in [1.807, 2.05) is 18.7 Å². The van der Waals surface area contributed by atoms with E-state index in [9.17, 15) is 13.2 Å². The molecule has 1 N–H and O–H groups in total. The molecule has 0 radical (unpaired) electrons. The number of carboxylic acid groups (broad SMARTS) is 1. The van der Waals surface area contributed by atoms with Crippen molar-refractivity contribution in [1.82, 2.24) is 4.98 Å². The Hall–Kier alpha value is -1.15. The predicted molar refractivity (Wildman–Crippen MR) is 73.6 cm³/mol. The van der Waals surface area contributed by atoms with Gasteiger partial charge in [0.15, 0.2) is 15.0 Å². The minimum absolute atomic E-state index is 0.0563. The van der Waals surface area contributed by atoms with Crippen molar-refractivity contribution < 1.29 is 18.3 Å². The lowest BCUT2D eigenvalue weighted by Crippen LogP contribution is -2.49. The number of aliphatic carboxylic acids is 1. The number of nitrogens with zero attached hydrogens (tertiary/aromatic N) is 2. The third kappa shape index (κ3) is 3.24. The number of carboxylic acids is 1. The second-order valence-corrected chi connectivity index (χ2v) is 8.11. The summed E-state index contributed by atoms with van der Waals surface area (Å²) < 4.78 is 23.3. The molecule has 0 spiro atoms. The highest BCUT2D eigenvalue weighted by atomic mass is 32.2. The number of carbonyl (C=O) groups is 1. The van der Waals surface area contributed by atoms with Crippen molar-refractivity contribution >= 4 is 32.3 Å². The average molecular weight is 304 g/mol. The molecule has 2 rings (SSSR count). The molecule has 1 aromatic rings. The minimum atomic E-state index is -3.15. The van der Waals surface area contributed by atoms with Crippen LogP contribution in [0, 0.1) is 13.8 Å². The maximum absolute atomic E-state index is 11.7. The molecule has 1 aliphatic rings. The summed E-state index contributed by atoms with van der Waals surface area (Å²) in [5.41, 5.74) is 0.905. The molecule has 1 saturated heterocycles. The van der Waals surface area contributed by atoms with E-state index < -0.39 is 21.8 Å². The molecule has 1 fully saturated rings. The van der Waals surface area contributed by atoms with Crippen molar-refractivity contribution in [2.24, 2.45) is 0 Å². The Balaban J connectivity index is 2.28. The van der Waals surface area contributed by atoms with Gasteiger partial charge in [-0.3, -0.25) is 4.79 Å². The number of sulfone groups is 1. The van der Waals surface area contributed by atoms with Crippen LogP contribution in [0.25, 0.3) is 0 Å². The molecule has 19 heavy (non-hydrogen) atoms. The summed E-state index contributed by atoms with van der Waals surface area (Å²) in [4.78, 5) is 18.2. The van der Waals surface area contributed by atoms with Crippen molar-refractivity contribution in [1.29, 1.82) is 0 Å². The van der Waals surface area contributed by atoms with Gasteiger partial charge in [0.2, 0.25) is 0 Å². The fourth-order valence-corrected chi connectivity index (χ4v) is 4.62. The summed E-state index contributed by atoms with van der Waals surface area (Å²) in [7, 11) is -3.15. The third-order valence-corrected chi connectivity index (χ3v) is 6.01. The monoisotopic (exact) mass is 304 g/mol. The molecule has 2 heterocycles. The Morgan fingerprint density at radius 1 is 1.53 bits per heavy atom. The first-order valence-electron chi connectivity index (χ1n) is 5.91. The average Bonchev–Trinajstić information content (AvgIpc) is 2.56. The highest BCUT2D eigenvalue weighted by molar-refractivity contribution is 7.91. The number of anilines is 1. The molecule has 0 amide bonds. The van der Waals surface area contributed by atoms with E-state index >= 15 is 0 Å². The van der Waals surface area contributed by atoms with E-state index in [1.165, 1.54) is 11.3 Å². The highest BCUT2D eigenvalue weighted by Gasteiger charge is 2.34. The van der Waals surface area contributed by atoms with Crippen molar-refractivity contribution in [2.75, 3.05) is 23.0 Å². The zero-order valence-corrected chi connectivity index (χ0v) is 12.4. The van der Waals surface area contributed by atoms with Crippen LogP contribution in [0.15, 0.2) is 0 Å². The number of hydrogen-bond acceptors (Lipinski definition) is 6. The zero-order valence-electron chi connectivity index (χ0n) is 10.8. The van der Waals surface area contributed by atoms with E-state index in [0.29, 0.717) is 6.54 Å². The van der Waals surface area contributed by atoms with E-state index in [0.717, 1.165) is 15.7 Å². The predicted octanol–water partition coefficient (Wildman–Crippen LogP) is 0.838. The van der Waals surface area contributed by atoms with Gasteiger partial charge >= 0.3 is 5.97 Å². The number of hydrogen-bond donors (Lipinski definition) is 1. The Labute approximate surface area is 116 Å². The van der Waals surface area contributed by atoms with Crippen LogP contribution < -0.4 is 4.90 Å². The Morgan fingerprint density at radius 3 is 2.74 bits per heavy atom. The second-order valence-electron chi connectivity index (χ2n) is 4.70. The number of aryl methyl sites for hydroxylation is 2. The first kappa shape index (κ1) is 14.3. The largest absolute Gasteiger partial charge is 0.481 e. The van der Waals surface area contributed by atoms with Gasteiger partial charge in [0.1, 0.15) is 0 Å². The molecule has 106 valence electrons. The van der Waals surface area contributed by atoms with E-state index in [2.05, 4.69) is 4.98 Å². The Bertz CT molecular complexity index is 574. The van der Waals surface area contributed by atoms with Crippen LogP contribution in [0.4, 0.5) is 5.13 Å². The van der Waals surface area contributed by atoms with Crippen LogP contribution in [0.2, 0.25) is 0 Å². The molecule has 0 saturated carbocycles. The summed E-state index contributed by atoms with van der Waals surface area (Å²) in [5, 5.41) is 9.64. The summed E-state index contributed by atoms with van der Waals surface area (Å²) >= 11 is 1.48. The van der Waals surface area contributed by atoms with Crippen molar-refractivity contribution in [2.45, 2.75) is 26.3 Å². The third-order valence-electron chi connectivity index (χ3n) is 3.20. The van der Waals surface area contributed by atoms with Gasteiger partial charge in [-0.05, 0) is 13.8 Å². The fraction of sp³-hybridized carbons (Fsp3) is 0.636. The maximum Gasteiger partial charge on any atom is 0.305 e. The normalized spacial score (nSPS) is 22.4. The first-order valence-corrected chi connectivity index (χ1v) is 8.55. The zero-order chi connectivity index (χ0) is 14.2. The second kappa shape index (κ2) is 5.09. The van der Waals surface area contributed by atoms with Crippen molar-refractivity contribution in [3.8, 4) is 0 Å². The Kier molecular flexibility index (Phi) is 3.82. The molecule has 0 bridgehead atoms. The van der Waals surface area contributed by atoms with E-state index in [1.54, 1.807) is 0 Å². The number of rotatable bonds is 3. The van der Waals surface area contributed by atoms with E-state index in [4.69, 9.17) is 5.11 Å². The lowest BCUT2D eigenvalue weighted by atomic mass is 10.2. The van der Waals surface area contributed by atoms with Crippen LogP contribution in [0.3, 0.4) is 0 Å². The van der Waals surface area contributed by atoms with Gasteiger partial charge in [-0.25, -0.2) is 13.4 Å². The summed E-state index contributed by atoms with van der Waals surface area (Å²) in [6.45, 7) is 4.15. The van der Waals surface area contributed by atoms with Gasteiger partial charge < -0.3 is 10.0 Å². The van der Waals surface area contributed by atoms with Crippen LogP contribution in [-0.4, -0.2) is 48.6 Å². The van der Waals surface area contributed by atoms with Gasteiger partial charge in [0.25, 0.3) is 0 Å². The first-order chi connectivity index (χ1) is 8.78. The summed E-state index contributed by atoms with van der Waals surface area (Å²) in [5.74, 6) is -1.05. The summed E-state index contributed by atoms with van der Waals surface area (Å²) in [6.07, 6.45) is -0.184. The van der Waals surface area contributed by atoms with Gasteiger partial charge in [0, 0.05) is 11.4 Å². The van der Waals surface area contributed by atoms with Crippen LogP contribution >= 0.6 is 11.3 Å². The Morgan fingerprint density at radius 2 is 2.21 bits per heavy atom. The summed E-state index contributed by atoms with van der Waals surface area (Å²) in [6, 6.07) is -0.527. The van der Waals surface area contributed by atoms with Crippen LogP contribution in [-0.2, 0) is 14.6 Å². The topological polar surface area (TPSA) is 87.6 Å². The lowest BCUT2D eigenvalue weighted by molar-refractivity contribution is -0.137. The standard InChI is InChI=1S/C11H16N2O4S2/c1-7-8(2)18-11(12-7)13-3-4-19(16,17)6-9(13)5-10(14)15/h9H,3-6H2,1-2H3,(H,14,15). The molecule has 8 heteroatoms. The molecular weight excluding hydrogens is 288 g/mol. The molecule has 0 aliphatic carbocycles. The van der Waals surface area contributed by atoms with Crippen molar-refractivity contribution in [3.63, 3.8) is 0 Å². The van der Waals surface area contributed by atoms with Gasteiger partial charge in [-0.1, -0.05) is 0 Å². The van der Waals surface area contributed by atoms with Crippen LogP contribution in [0.1, 0.15) is 17.0 Å². The molecular formula is C11H16N2O4S2. The van der Waals surface area contributed by atoms with Gasteiger partial charge in [-0.15, -0.1) is 11.3 Å². The SMILES string of the molecule is Cc1nc(N2CCS(=O)(=O)CC2CC(=O)O)sc1C. The molecule has 1 aliphatic heterocycles. The highest BCUT2D eigenvalue weighted by Crippen LogP contribution is 2.29. The van der Waals surface area contributed by atoms with Gasteiger partial charge in [-0.2, -0.15) is 0 Å². The number of thiazole rings is 1.